The third-order valence-corrected chi connectivity index (χ3v) is 5.22. The summed E-state index contributed by atoms with van der Waals surface area (Å²) in [7, 11) is 3.49. The van der Waals surface area contributed by atoms with Crippen molar-refractivity contribution < 1.29 is 9.53 Å². The second-order valence-electron chi connectivity index (χ2n) is 5.56. The normalized spacial score (nSPS) is 10.7. The van der Waals surface area contributed by atoms with Crippen LogP contribution in [-0.2, 0) is 6.54 Å². The van der Waals surface area contributed by atoms with E-state index in [-0.39, 0.29) is 5.91 Å². The molecule has 118 valence electrons. The number of ether oxygens (including phenoxy) is 1. The highest BCUT2D eigenvalue weighted by atomic mass is 32.1. The number of hydrogen-bond acceptors (Lipinski definition) is 3. The van der Waals surface area contributed by atoms with Gasteiger partial charge in [-0.25, -0.2) is 0 Å². The Morgan fingerprint density at radius 3 is 2.48 bits per heavy atom. The maximum Gasteiger partial charge on any atom is 0.264 e. The van der Waals surface area contributed by atoms with E-state index in [9.17, 15) is 4.79 Å². The Morgan fingerprint density at radius 2 is 1.83 bits per heavy atom. The number of carbonyl (C=O) groups excluding carboxylic acids is 1. The second-order valence-corrected chi connectivity index (χ2v) is 6.61. The van der Waals surface area contributed by atoms with Crippen molar-refractivity contribution >= 4 is 27.3 Å². The molecule has 0 aliphatic carbocycles. The molecule has 0 fully saturated rings. The Morgan fingerprint density at radius 1 is 1.13 bits per heavy atom. The summed E-state index contributed by atoms with van der Waals surface area (Å²) in [5, 5.41) is 1.17. The average molecular weight is 325 g/mol. The molecule has 3 nitrogen and oxygen atoms in total. The number of amides is 1. The van der Waals surface area contributed by atoms with Crippen LogP contribution in [0.5, 0.6) is 5.75 Å². The molecule has 1 heterocycles. The predicted molar refractivity (Wildman–Crippen MR) is 95.4 cm³/mol. The Hall–Kier alpha value is -2.33. The van der Waals surface area contributed by atoms with Crippen molar-refractivity contribution in [2.75, 3.05) is 14.2 Å². The molecule has 0 aliphatic heterocycles. The lowest BCUT2D eigenvalue weighted by atomic mass is 10.1. The van der Waals surface area contributed by atoms with Crippen LogP contribution in [0.4, 0.5) is 0 Å². The van der Waals surface area contributed by atoms with Gasteiger partial charge in [0.1, 0.15) is 5.75 Å². The fraction of sp³-hybridized carbons (Fsp3) is 0.211. The monoisotopic (exact) mass is 325 g/mol. The minimum atomic E-state index is 0.0690. The zero-order chi connectivity index (χ0) is 16.4. The van der Waals surface area contributed by atoms with Crippen molar-refractivity contribution in [3.63, 3.8) is 0 Å². The molecule has 0 spiro atoms. The van der Waals surface area contributed by atoms with Gasteiger partial charge in [0, 0.05) is 18.3 Å². The van der Waals surface area contributed by atoms with Gasteiger partial charge in [-0.1, -0.05) is 30.3 Å². The summed E-state index contributed by atoms with van der Waals surface area (Å²) in [6.45, 7) is 2.60. The summed E-state index contributed by atoms with van der Waals surface area (Å²) in [6.07, 6.45) is 0. The Balaban J connectivity index is 1.81. The standard InChI is InChI=1S/C19H19NO2S/c1-13-16-6-4-5-7-17(16)23-18(13)19(21)20(2)12-14-8-10-15(22-3)11-9-14/h4-11H,12H2,1-3H3. The van der Waals surface area contributed by atoms with Gasteiger partial charge in [0.15, 0.2) is 0 Å². The number of carbonyl (C=O) groups is 1. The quantitative estimate of drug-likeness (QED) is 0.707. The van der Waals surface area contributed by atoms with Crippen LogP contribution in [-0.4, -0.2) is 25.0 Å². The highest BCUT2D eigenvalue weighted by molar-refractivity contribution is 7.21. The molecule has 1 aromatic heterocycles. The van der Waals surface area contributed by atoms with E-state index in [1.54, 1.807) is 23.3 Å². The molecular weight excluding hydrogens is 306 g/mol. The number of benzene rings is 2. The molecular formula is C19H19NO2S. The lowest BCUT2D eigenvalue weighted by Gasteiger charge is -2.17. The average Bonchev–Trinajstić information content (AvgIpc) is 2.92. The minimum absolute atomic E-state index is 0.0690. The molecule has 0 radical (unpaired) electrons. The zero-order valence-electron chi connectivity index (χ0n) is 13.5. The van der Waals surface area contributed by atoms with Crippen LogP contribution >= 0.6 is 11.3 Å². The molecule has 0 bridgehead atoms. The molecule has 3 aromatic rings. The molecule has 0 aliphatic rings. The van der Waals surface area contributed by atoms with Crippen molar-refractivity contribution in [1.82, 2.24) is 4.90 Å². The van der Waals surface area contributed by atoms with E-state index in [0.29, 0.717) is 6.54 Å². The van der Waals surface area contributed by atoms with Crippen molar-refractivity contribution in [1.29, 1.82) is 0 Å². The summed E-state index contributed by atoms with van der Waals surface area (Å²) in [5.41, 5.74) is 2.15. The van der Waals surface area contributed by atoms with Crippen LogP contribution in [0, 0.1) is 6.92 Å². The molecule has 3 rings (SSSR count). The van der Waals surface area contributed by atoms with E-state index in [1.165, 1.54) is 5.39 Å². The summed E-state index contributed by atoms with van der Waals surface area (Å²) >= 11 is 1.57. The Kier molecular flexibility index (Phi) is 4.35. The predicted octanol–water partition coefficient (Wildman–Crippen LogP) is 4.49. The van der Waals surface area contributed by atoms with Crippen LogP contribution < -0.4 is 4.74 Å². The van der Waals surface area contributed by atoms with Crippen LogP contribution in [0.1, 0.15) is 20.8 Å². The van der Waals surface area contributed by atoms with Gasteiger partial charge in [-0.2, -0.15) is 0 Å². The van der Waals surface area contributed by atoms with Crippen molar-refractivity contribution in [2.45, 2.75) is 13.5 Å². The van der Waals surface area contributed by atoms with E-state index >= 15 is 0 Å². The summed E-state index contributed by atoms with van der Waals surface area (Å²) < 4.78 is 6.32. The number of nitrogens with zero attached hydrogens (tertiary/aromatic N) is 1. The fourth-order valence-corrected chi connectivity index (χ4v) is 3.83. The van der Waals surface area contributed by atoms with E-state index in [1.807, 2.05) is 50.4 Å². The summed E-state index contributed by atoms with van der Waals surface area (Å²) in [5.74, 6) is 0.891. The summed E-state index contributed by atoms with van der Waals surface area (Å²) in [4.78, 5) is 15.4. The van der Waals surface area contributed by atoms with Gasteiger partial charge in [0.25, 0.3) is 5.91 Å². The van der Waals surface area contributed by atoms with Gasteiger partial charge in [-0.3, -0.25) is 4.79 Å². The summed E-state index contributed by atoms with van der Waals surface area (Å²) in [6, 6.07) is 16.0. The number of aryl methyl sites for hydroxylation is 1. The molecule has 2 aromatic carbocycles. The molecule has 0 unspecified atom stereocenters. The van der Waals surface area contributed by atoms with Crippen LogP contribution in [0.2, 0.25) is 0 Å². The van der Waals surface area contributed by atoms with Crippen LogP contribution in [0.25, 0.3) is 10.1 Å². The molecule has 0 saturated carbocycles. The third-order valence-electron chi connectivity index (χ3n) is 3.96. The highest BCUT2D eigenvalue weighted by Crippen LogP contribution is 2.31. The lowest BCUT2D eigenvalue weighted by Crippen LogP contribution is -2.25. The Bertz CT molecular complexity index is 836. The van der Waals surface area contributed by atoms with E-state index in [4.69, 9.17) is 4.74 Å². The number of hydrogen-bond donors (Lipinski definition) is 0. The van der Waals surface area contributed by atoms with Gasteiger partial charge in [0.2, 0.25) is 0 Å². The first-order chi connectivity index (χ1) is 11.1. The maximum atomic E-state index is 12.8. The number of fused-ring (bicyclic) bond motifs is 1. The SMILES string of the molecule is COc1ccc(CN(C)C(=O)c2sc3ccccc3c2C)cc1. The first-order valence-corrected chi connectivity index (χ1v) is 8.28. The van der Waals surface area contributed by atoms with Crippen molar-refractivity contribution in [3.8, 4) is 5.75 Å². The van der Waals surface area contributed by atoms with Gasteiger partial charge in [0.05, 0.1) is 12.0 Å². The highest BCUT2D eigenvalue weighted by Gasteiger charge is 2.18. The van der Waals surface area contributed by atoms with Crippen molar-refractivity contribution in [3.05, 3.63) is 64.5 Å². The van der Waals surface area contributed by atoms with Crippen molar-refractivity contribution in [2.24, 2.45) is 0 Å². The van der Waals surface area contributed by atoms with Gasteiger partial charge < -0.3 is 9.64 Å². The number of methoxy groups -OCH3 is 1. The molecule has 23 heavy (non-hydrogen) atoms. The fourth-order valence-electron chi connectivity index (χ4n) is 2.63. The van der Waals surface area contributed by atoms with Gasteiger partial charge in [-0.05, 0) is 41.6 Å². The number of rotatable bonds is 4. The van der Waals surface area contributed by atoms with Gasteiger partial charge in [-0.15, -0.1) is 11.3 Å². The largest absolute Gasteiger partial charge is 0.497 e. The van der Waals surface area contributed by atoms with E-state index < -0.39 is 0 Å². The molecule has 1 amide bonds. The third kappa shape index (κ3) is 3.08. The first-order valence-electron chi connectivity index (χ1n) is 7.46. The van der Waals surface area contributed by atoms with E-state index in [0.717, 1.165) is 26.5 Å². The number of thiophene rings is 1. The smallest absolute Gasteiger partial charge is 0.264 e. The topological polar surface area (TPSA) is 29.5 Å². The molecule has 0 saturated heterocycles. The molecule has 4 heteroatoms. The lowest BCUT2D eigenvalue weighted by molar-refractivity contribution is 0.0789. The Labute approximate surface area is 140 Å². The molecule has 0 N–H and O–H groups in total. The van der Waals surface area contributed by atoms with Crippen LogP contribution in [0.15, 0.2) is 48.5 Å². The van der Waals surface area contributed by atoms with Crippen LogP contribution in [0.3, 0.4) is 0 Å². The van der Waals surface area contributed by atoms with E-state index in [2.05, 4.69) is 12.1 Å². The second kappa shape index (κ2) is 6.42. The maximum absolute atomic E-state index is 12.8. The zero-order valence-corrected chi connectivity index (χ0v) is 14.3. The first kappa shape index (κ1) is 15.6. The molecule has 0 atom stereocenters. The minimum Gasteiger partial charge on any atom is -0.497 e. The van der Waals surface area contributed by atoms with Gasteiger partial charge >= 0.3 is 0 Å².